The van der Waals surface area contributed by atoms with E-state index >= 15 is 0 Å². The van der Waals surface area contributed by atoms with Gasteiger partial charge in [-0.05, 0) is 44.7 Å². The van der Waals surface area contributed by atoms with Gasteiger partial charge >= 0.3 is 5.97 Å². The highest BCUT2D eigenvalue weighted by Gasteiger charge is 2.04. The highest BCUT2D eigenvalue weighted by molar-refractivity contribution is 5.66. The van der Waals surface area contributed by atoms with Crippen molar-refractivity contribution in [1.82, 2.24) is 5.32 Å². The largest absolute Gasteiger partial charge is 0.481 e. The molecule has 1 unspecified atom stereocenters. The third-order valence-electron chi connectivity index (χ3n) is 2.62. The van der Waals surface area contributed by atoms with Crippen LogP contribution in [0.5, 0.6) is 0 Å². The molecule has 4 nitrogen and oxygen atoms in total. The molecule has 0 amide bonds. The van der Waals surface area contributed by atoms with E-state index < -0.39 is 5.97 Å². The minimum absolute atomic E-state index is 0.287. The number of ether oxygens (including phenoxy) is 1. The average molecular weight is 231 g/mol. The smallest absolute Gasteiger partial charge is 0.303 e. The normalized spacial score (nSPS) is 12.6. The van der Waals surface area contributed by atoms with Crippen molar-refractivity contribution >= 4 is 5.97 Å². The van der Waals surface area contributed by atoms with Crippen LogP contribution in [0.25, 0.3) is 0 Å². The Kier molecular flexibility index (Phi) is 10.5. The van der Waals surface area contributed by atoms with Gasteiger partial charge < -0.3 is 15.2 Å². The van der Waals surface area contributed by atoms with E-state index in [0.29, 0.717) is 5.92 Å². The van der Waals surface area contributed by atoms with Crippen LogP contribution < -0.4 is 5.32 Å². The van der Waals surface area contributed by atoms with Gasteiger partial charge in [-0.1, -0.05) is 6.92 Å². The molecule has 0 saturated carbocycles. The molecule has 0 aromatic rings. The summed E-state index contributed by atoms with van der Waals surface area (Å²) in [6.45, 7) is 4.94. The van der Waals surface area contributed by atoms with Crippen molar-refractivity contribution in [2.24, 2.45) is 5.92 Å². The predicted molar refractivity (Wildman–Crippen MR) is 64.6 cm³/mol. The van der Waals surface area contributed by atoms with Gasteiger partial charge in [0.05, 0.1) is 0 Å². The van der Waals surface area contributed by atoms with E-state index in [9.17, 15) is 4.79 Å². The molecule has 0 aromatic carbocycles. The lowest BCUT2D eigenvalue weighted by atomic mass is 10.0. The molecule has 0 saturated heterocycles. The molecule has 96 valence electrons. The van der Waals surface area contributed by atoms with E-state index in [1.54, 1.807) is 7.11 Å². The van der Waals surface area contributed by atoms with Gasteiger partial charge in [0, 0.05) is 20.1 Å². The molecule has 0 aliphatic rings. The molecule has 0 rings (SSSR count). The Morgan fingerprint density at radius 2 is 2.06 bits per heavy atom. The fourth-order valence-electron chi connectivity index (χ4n) is 1.48. The van der Waals surface area contributed by atoms with E-state index in [-0.39, 0.29) is 6.42 Å². The summed E-state index contributed by atoms with van der Waals surface area (Å²) in [4.78, 5) is 10.4. The number of hydrogen-bond donors (Lipinski definition) is 2. The van der Waals surface area contributed by atoms with Gasteiger partial charge in [0.15, 0.2) is 0 Å². The molecule has 16 heavy (non-hydrogen) atoms. The molecular formula is C12H25NO3. The highest BCUT2D eigenvalue weighted by Crippen LogP contribution is 2.08. The number of carboxylic acids is 1. The summed E-state index contributed by atoms with van der Waals surface area (Å²) in [7, 11) is 1.72. The fourth-order valence-corrected chi connectivity index (χ4v) is 1.48. The zero-order valence-corrected chi connectivity index (χ0v) is 10.5. The summed E-state index contributed by atoms with van der Waals surface area (Å²) in [5.74, 6) is -0.207. The quantitative estimate of drug-likeness (QED) is 0.533. The van der Waals surface area contributed by atoms with Crippen molar-refractivity contribution in [3.63, 3.8) is 0 Å². The van der Waals surface area contributed by atoms with E-state index in [2.05, 4.69) is 12.2 Å². The Hall–Kier alpha value is -0.610. The van der Waals surface area contributed by atoms with E-state index in [1.165, 1.54) is 0 Å². The molecular weight excluding hydrogens is 206 g/mol. The maximum atomic E-state index is 10.4. The molecule has 4 heteroatoms. The molecule has 0 radical (unpaired) electrons. The van der Waals surface area contributed by atoms with Crippen LogP contribution in [0.4, 0.5) is 0 Å². The van der Waals surface area contributed by atoms with Crippen LogP contribution in [-0.2, 0) is 9.53 Å². The van der Waals surface area contributed by atoms with Crippen molar-refractivity contribution in [2.75, 3.05) is 26.8 Å². The number of rotatable bonds is 11. The number of carboxylic acid groups (broad SMARTS) is 1. The Bertz CT molecular complexity index is 174. The summed E-state index contributed by atoms with van der Waals surface area (Å²) < 4.78 is 4.96. The Labute approximate surface area is 98.4 Å². The van der Waals surface area contributed by atoms with Crippen LogP contribution in [0.15, 0.2) is 0 Å². The summed E-state index contributed by atoms with van der Waals surface area (Å²) in [5, 5.41) is 11.9. The molecule has 1 atom stereocenters. The van der Waals surface area contributed by atoms with Crippen LogP contribution in [-0.4, -0.2) is 37.9 Å². The van der Waals surface area contributed by atoms with Gasteiger partial charge in [-0.25, -0.2) is 0 Å². The number of aliphatic carboxylic acids is 1. The van der Waals surface area contributed by atoms with Crippen LogP contribution in [0, 0.1) is 5.92 Å². The monoisotopic (exact) mass is 231 g/mol. The third-order valence-corrected chi connectivity index (χ3v) is 2.62. The summed E-state index contributed by atoms with van der Waals surface area (Å²) in [6, 6.07) is 0. The first kappa shape index (κ1) is 15.4. The lowest BCUT2D eigenvalue weighted by molar-refractivity contribution is -0.137. The van der Waals surface area contributed by atoms with Gasteiger partial charge in [-0.15, -0.1) is 0 Å². The van der Waals surface area contributed by atoms with Crippen LogP contribution in [0.3, 0.4) is 0 Å². The molecule has 0 aliphatic heterocycles. The van der Waals surface area contributed by atoms with Crippen molar-refractivity contribution < 1.29 is 14.6 Å². The van der Waals surface area contributed by atoms with Crippen molar-refractivity contribution in [1.29, 1.82) is 0 Å². The van der Waals surface area contributed by atoms with Crippen LogP contribution in [0.2, 0.25) is 0 Å². The highest BCUT2D eigenvalue weighted by atomic mass is 16.5. The fraction of sp³-hybridized carbons (Fsp3) is 0.917. The molecule has 0 aliphatic carbocycles. The van der Waals surface area contributed by atoms with Gasteiger partial charge in [0.25, 0.3) is 0 Å². The van der Waals surface area contributed by atoms with Crippen molar-refractivity contribution in [3.05, 3.63) is 0 Å². The second-order valence-corrected chi connectivity index (χ2v) is 4.28. The SMILES string of the molecule is COCCCCNCCC(C)CCC(=O)O. The molecule has 0 bridgehead atoms. The average Bonchev–Trinajstić information content (AvgIpc) is 2.25. The Balaban J connectivity index is 3.15. The maximum absolute atomic E-state index is 10.4. The Morgan fingerprint density at radius 1 is 1.31 bits per heavy atom. The molecule has 0 aromatic heterocycles. The second kappa shape index (κ2) is 10.9. The minimum atomic E-state index is -0.695. The van der Waals surface area contributed by atoms with Crippen molar-refractivity contribution in [3.8, 4) is 0 Å². The van der Waals surface area contributed by atoms with Gasteiger partial charge in [-0.3, -0.25) is 4.79 Å². The Morgan fingerprint density at radius 3 is 2.69 bits per heavy atom. The summed E-state index contributed by atoms with van der Waals surface area (Å²) in [5.41, 5.74) is 0. The second-order valence-electron chi connectivity index (χ2n) is 4.28. The van der Waals surface area contributed by atoms with Gasteiger partial charge in [-0.2, -0.15) is 0 Å². The predicted octanol–water partition coefficient (Wildman–Crippen LogP) is 1.89. The zero-order valence-electron chi connectivity index (χ0n) is 10.5. The van der Waals surface area contributed by atoms with Gasteiger partial charge in [0.2, 0.25) is 0 Å². The van der Waals surface area contributed by atoms with Crippen LogP contribution in [0.1, 0.15) is 39.0 Å². The first-order valence-corrected chi connectivity index (χ1v) is 6.08. The third kappa shape index (κ3) is 11.5. The zero-order chi connectivity index (χ0) is 12.2. The van der Waals surface area contributed by atoms with Crippen LogP contribution >= 0.6 is 0 Å². The molecule has 2 N–H and O–H groups in total. The maximum Gasteiger partial charge on any atom is 0.303 e. The van der Waals surface area contributed by atoms with E-state index in [0.717, 1.165) is 45.4 Å². The first-order chi connectivity index (χ1) is 7.66. The number of hydrogen-bond acceptors (Lipinski definition) is 3. The number of carbonyl (C=O) groups is 1. The first-order valence-electron chi connectivity index (χ1n) is 6.08. The summed E-state index contributed by atoms with van der Waals surface area (Å²) >= 11 is 0. The minimum Gasteiger partial charge on any atom is -0.481 e. The lowest BCUT2D eigenvalue weighted by Gasteiger charge is -2.10. The standard InChI is InChI=1S/C12H25NO3/c1-11(5-6-12(14)15)7-9-13-8-3-4-10-16-2/h11,13H,3-10H2,1-2H3,(H,14,15). The molecule has 0 fully saturated rings. The van der Waals surface area contributed by atoms with Gasteiger partial charge in [0.1, 0.15) is 0 Å². The number of methoxy groups -OCH3 is 1. The number of unbranched alkanes of at least 4 members (excludes halogenated alkanes) is 1. The molecule has 0 heterocycles. The lowest BCUT2D eigenvalue weighted by Crippen LogP contribution is -2.19. The topological polar surface area (TPSA) is 58.6 Å². The van der Waals surface area contributed by atoms with Crippen molar-refractivity contribution in [2.45, 2.75) is 39.0 Å². The number of nitrogens with one attached hydrogen (secondary N) is 1. The van der Waals surface area contributed by atoms with E-state index in [4.69, 9.17) is 9.84 Å². The summed E-state index contributed by atoms with van der Waals surface area (Å²) in [6.07, 6.45) is 4.35. The molecule has 0 spiro atoms. The van der Waals surface area contributed by atoms with E-state index in [1.807, 2.05) is 0 Å².